The molecule has 1 amide bonds. The van der Waals surface area contributed by atoms with E-state index in [4.69, 9.17) is 0 Å². The lowest BCUT2D eigenvalue weighted by atomic mass is 10.1. The molecule has 0 bridgehead atoms. The van der Waals surface area contributed by atoms with Crippen molar-refractivity contribution < 1.29 is 9.18 Å². The summed E-state index contributed by atoms with van der Waals surface area (Å²) in [5.41, 5.74) is 3.45. The highest BCUT2D eigenvalue weighted by Crippen LogP contribution is 2.26. The fourth-order valence-electron chi connectivity index (χ4n) is 3.08. The fourth-order valence-corrected chi connectivity index (χ4v) is 3.08. The molecular formula is C18H22FN3O. The average Bonchev–Trinajstić information content (AvgIpc) is 2.70. The molecule has 0 fully saturated rings. The minimum absolute atomic E-state index is 0.0694. The Morgan fingerprint density at radius 3 is 2.57 bits per heavy atom. The van der Waals surface area contributed by atoms with Crippen molar-refractivity contribution in [3.8, 4) is 5.69 Å². The molecule has 0 spiro atoms. The van der Waals surface area contributed by atoms with Crippen LogP contribution in [0.25, 0.3) is 5.69 Å². The Bertz CT molecular complexity index is 704. The van der Waals surface area contributed by atoms with Gasteiger partial charge in [0.25, 0.3) is 5.91 Å². The van der Waals surface area contributed by atoms with E-state index in [1.54, 1.807) is 12.1 Å². The molecule has 1 heterocycles. The van der Waals surface area contributed by atoms with E-state index >= 15 is 0 Å². The SMILES string of the molecule is CC(C)NC(=O)c1nn(-c2ccc(F)cc2)c2c1CCCCC2. The van der Waals surface area contributed by atoms with Crippen LogP contribution in [0.15, 0.2) is 24.3 Å². The summed E-state index contributed by atoms with van der Waals surface area (Å²) in [4.78, 5) is 12.5. The number of carbonyl (C=O) groups excluding carboxylic acids is 1. The largest absolute Gasteiger partial charge is 0.348 e. The summed E-state index contributed by atoms with van der Waals surface area (Å²) in [6.07, 6.45) is 5.09. The molecule has 0 unspecified atom stereocenters. The van der Waals surface area contributed by atoms with Gasteiger partial charge in [-0.05, 0) is 63.8 Å². The second kappa shape index (κ2) is 6.52. The van der Waals surface area contributed by atoms with Gasteiger partial charge in [-0.2, -0.15) is 5.10 Å². The van der Waals surface area contributed by atoms with Gasteiger partial charge in [0.05, 0.1) is 5.69 Å². The monoisotopic (exact) mass is 315 g/mol. The van der Waals surface area contributed by atoms with Crippen molar-refractivity contribution >= 4 is 5.91 Å². The highest BCUT2D eigenvalue weighted by Gasteiger charge is 2.24. The van der Waals surface area contributed by atoms with Crippen molar-refractivity contribution in [1.82, 2.24) is 15.1 Å². The van der Waals surface area contributed by atoms with Crippen LogP contribution in [-0.4, -0.2) is 21.7 Å². The number of amides is 1. The van der Waals surface area contributed by atoms with Crippen LogP contribution in [0.2, 0.25) is 0 Å². The van der Waals surface area contributed by atoms with Gasteiger partial charge < -0.3 is 5.32 Å². The Labute approximate surface area is 135 Å². The Morgan fingerprint density at radius 1 is 1.17 bits per heavy atom. The second-order valence-electron chi connectivity index (χ2n) is 6.35. The van der Waals surface area contributed by atoms with Gasteiger partial charge in [-0.25, -0.2) is 9.07 Å². The summed E-state index contributed by atoms with van der Waals surface area (Å²) in [5, 5.41) is 7.50. The van der Waals surface area contributed by atoms with Crippen LogP contribution in [-0.2, 0) is 12.8 Å². The minimum Gasteiger partial charge on any atom is -0.348 e. The van der Waals surface area contributed by atoms with Crippen LogP contribution < -0.4 is 5.32 Å². The molecule has 4 nitrogen and oxygen atoms in total. The number of benzene rings is 1. The number of carbonyl (C=O) groups is 1. The second-order valence-corrected chi connectivity index (χ2v) is 6.35. The van der Waals surface area contributed by atoms with Crippen LogP contribution in [0.1, 0.15) is 54.9 Å². The Balaban J connectivity index is 2.07. The summed E-state index contributed by atoms with van der Waals surface area (Å²) in [7, 11) is 0. The maximum absolute atomic E-state index is 13.2. The van der Waals surface area contributed by atoms with Crippen molar-refractivity contribution in [2.24, 2.45) is 0 Å². The summed E-state index contributed by atoms with van der Waals surface area (Å²) in [6.45, 7) is 3.88. The highest BCUT2D eigenvalue weighted by atomic mass is 19.1. The number of hydrogen-bond acceptors (Lipinski definition) is 2. The number of nitrogens with zero attached hydrogens (tertiary/aromatic N) is 2. The summed E-state index contributed by atoms with van der Waals surface area (Å²) < 4.78 is 15.0. The number of fused-ring (bicyclic) bond motifs is 1. The Kier molecular flexibility index (Phi) is 4.46. The third-order valence-corrected chi connectivity index (χ3v) is 4.14. The number of rotatable bonds is 3. The number of nitrogens with one attached hydrogen (secondary N) is 1. The van der Waals surface area contributed by atoms with Crippen molar-refractivity contribution in [1.29, 1.82) is 0 Å². The minimum atomic E-state index is -0.273. The van der Waals surface area contributed by atoms with E-state index in [1.165, 1.54) is 12.1 Å². The lowest BCUT2D eigenvalue weighted by Gasteiger charge is -2.07. The molecule has 1 aliphatic rings. The molecule has 0 atom stereocenters. The molecule has 23 heavy (non-hydrogen) atoms. The number of hydrogen-bond donors (Lipinski definition) is 1. The quantitative estimate of drug-likeness (QED) is 0.882. The highest BCUT2D eigenvalue weighted by molar-refractivity contribution is 5.94. The van der Waals surface area contributed by atoms with E-state index in [1.807, 2.05) is 18.5 Å². The molecule has 1 aromatic carbocycles. The van der Waals surface area contributed by atoms with Crippen molar-refractivity contribution in [2.75, 3.05) is 0 Å². The first kappa shape index (κ1) is 15.7. The van der Waals surface area contributed by atoms with Gasteiger partial charge in [-0.3, -0.25) is 4.79 Å². The molecule has 0 aliphatic heterocycles. The Hall–Kier alpha value is -2.17. The van der Waals surface area contributed by atoms with E-state index in [9.17, 15) is 9.18 Å². The third-order valence-electron chi connectivity index (χ3n) is 4.14. The van der Waals surface area contributed by atoms with E-state index < -0.39 is 0 Å². The zero-order valence-corrected chi connectivity index (χ0v) is 13.6. The molecule has 0 saturated heterocycles. The lowest BCUT2D eigenvalue weighted by molar-refractivity contribution is 0.0936. The van der Waals surface area contributed by atoms with Gasteiger partial charge in [0.15, 0.2) is 5.69 Å². The molecule has 3 rings (SSSR count). The first-order valence-electron chi connectivity index (χ1n) is 8.24. The van der Waals surface area contributed by atoms with Crippen LogP contribution in [0.5, 0.6) is 0 Å². The first-order chi connectivity index (χ1) is 11.1. The van der Waals surface area contributed by atoms with Crippen molar-refractivity contribution in [3.05, 3.63) is 47.0 Å². The number of halogens is 1. The van der Waals surface area contributed by atoms with E-state index in [2.05, 4.69) is 10.4 Å². The molecular weight excluding hydrogens is 293 g/mol. The van der Waals surface area contributed by atoms with E-state index in [0.717, 1.165) is 49.0 Å². The summed E-state index contributed by atoms with van der Waals surface area (Å²) >= 11 is 0. The van der Waals surface area contributed by atoms with Crippen molar-refractivity contribution in [3.63, 3.8) is 0 Å². The average molecular weight is 315 g/mol. The van der Waals surface area contributed by atoms with Crippen LogP contribution >= 0.6 is 0 Å². The smallest absolute Gasteiger partial charge is 0.272 e. The summed E-state index contributed by atoms with van der Waals surface area (Å²) in [6, 6.07) is 6.33. The zero-order valence-electron chi connectivity index (χ0n) is 13.6. The maximum Gasteiger partial charge on any atom is 0.272 e. The third kappa shape index (κ3) is 3.28. The van der Waals surface area contributed by atoms with Gasteiger partial charge in [-0.15, -0.1) is 0 Å². The normalized spacial score (nSPS) is 14.4. The molecule has 0 radical (unpaired) electrons. The van der Waals surface area contributed by atoms with Gasteiger partial charge in [0, 0.05) is 17.3 Å². The maximum atomic E-state index is 13.2. The molecule has 1 aromatic heterocycles. The molecule has 122 valence electrons. The van der Waals surface area contributed by atoms with E-state index in [-0.39, 0.29) is 17.8 Å². The molecule has 1 aliphatic carbocycles. The van der Waals surface area contributed by atoms with Gasteiger partial charge in [-0.1, -0.05) is 6.42 Å². The lowest BCUT2D eigenvalue weighted by Crippen LogP contribution is -2.31. The Morgan fingerprint density at radius 2 is 1.87 bits per heavy atom. The van der Waals surface area contributed by atoms with Gasteiger partial charge >= 0.3 is 0 Å². The fraction of sp³-hybridized carbons (Fsp3) is 0.444. The van der Waals surface area contributed by atoms with E-state index in [0.29, 0.717) is 5.69 Å². The molecule has 1 N–H and O–H groups in total. The topological polar surface area (TPSA) is 46.9 Å². The predicted molar refractivity (Wildman–Crippen MR) is 87.4 cm³/mol. The predicted octanol–water partition coefficient (Wildman–Crippen LogP) is 3.42. The van der Waals surface area contributed by atoms with Gasteiger partial charge in [0.2, 0.25) is 0 Å². The molecule has 5 heteroatoms. The van der Waals surface area contributed by atoms with Gasteiger partial charge in [0.1, 0.15) is 5.82 Å². The van der Waals surface area contributed by atoms with Crippen molar-refractivity contribution in [2.45, 2.75) is 52.0 Å². The number of aromatic nitrogens is 2. The zero-order chi connectivity index (χ0) is 16.4. The molecule has 0 saturated carbocycles. The standard InChI is InChI=1S/C18H22FN3O/c1-12(2)20-18(23)17-15-6-4-3-5-7-16(15)22(21-17)14-10-8-13(19)9-11-14/h8-12H,3-7H2,1-2H3,(H,20,23). The van der Waals surface area contributed by atoms with Crippen LogP contribution in [0.4, 0.5) is 4.39 Å². The van der Waals surface area contributed by atoms with Crippen LogP contribution in [0.3, 0.4) is 0 Å². The van der Waals surface area contributed by atoms with Crippen LogP contribution in [0, 0.1) is 5.82 Å². The first-order valence-corrected chi connectivity index (χ1v) is 8.24. The molecule has 2 aromatic rings. The summed E-state index contributed by atoms with van der Waals surface area (Å²) in [5.74, 6) is -0.399.